The van der Waals surface area contributed by atoms with Crippen molar-refractivity contribution in [1.82, 2.24) is 5.32 Å². The quantitative estimate of drug-likeness (QED) is 0.726. The monoisotopic (exact) mass is 308 g/mol. The molecule has 0 saturated carbocycles. The van der Waals surface area contributed by atoms with Gasteiger partial charge in [-0.25, -0.2) is 12.8 Å². The minimum atomic E-state index is -3.52. The maximum absolute atomic E-state index is 13.4. The van der Waals surface area contributed by atoms with Crippen molar-refractivity contribution in [2.75, 3.05) is 23.6 Å². The molecule has 0 saturated heterocycles. The van der Waals surface area contributed by atoms with Crippen molar-refractivity contribution in [3.8, 4) is 0 Å². The molecule has 2 N–H and O–H groups in total. The summed E-state index contributed by atoms with van der Waals surface area (Å²) in [5, 5.41) is 3.34. The molecular weight excluding hydrogens is 291 g/mol. The lowest BCUT2D eigenvalue weighted by molar-refractivity contribution is 0.591. The van der Waals surface area contributed by atoms with Gasteiger partial charge in [0, 0.05) is 5.02 Å². The highest BCUT2D eigenvalue weighted by molar-refractivity contribution is 7.92. The Kier molecular flexibility index (Phi) is 6.54. The third-order valence-corrected chi connectivity index (χ3v) is 4.06. The zero-order chi connectivity index (χ0) is 14.3. The molecule has 0 radical (unpaired) electrons. The second-order valence-corrected chi connectivity index (χ2v) is 6.38. The van der Waals surface area contributed by atoms with Crippen LogP contribution in [-0.2, 0) is 10.0 Å². The Bertz CT molecular complexity index is 508. The van der Waals surface area contributed by atoms with E-state index < -0.39 is 15.8 Å². The molecule has 0 aliphatic carbocycles. The molecule has 108 valence electrons. The number of unbranched alkanes of at least 4 members (excludes halogenated alkanes) is 1. The minimum Gasteiger partial charge on any atom is -0.317 e. The molecule has 0 fully saturated rings. The van der Waals surface area contributed by atoms with E-state index in [4.69, 9.17) is 11.6 Å². The van der Waals surface area contributed by atoms with Crippen LogP contribution in [0.1, 0.15) is 19.8 Å². The van der Waals surface area contributed by atoms with Gasteiger partial charge in [-0.15, -0.1) is 0 Å². The Balaban J connectivity index is 2.50. The van der Waals surface area contributed by atoms with E-state index in [2.05, 4.69) is 10.0 Å². The third kappa shape index (κ3) is 6.22. The molecule has 0 aliphatic heterocycles. The van der Waals surface area contributed by atoms with E-state index >= 15 is 0 Å². The highest BCUT2D eigenvalue weighted by Gasteiger charge is 2.13. The number of hydrogen-bond donors (Lipinski definition) is 2. The van der Waals surface area contributed by atoms with E-state index in [1.165, 1.54) is 12.1 Å². The van der Waals surface area contributed by atoms with Crippen LogP contribution in [0.25, 0.3) is 0 Å². The zero-order valence-electron chi connectivity index (χ0n) is 10.7. The minimum absolute atomic E-state index is 0.0273. The lowest BCUT2D eigenvalue weighted by atomic mass is 10.3. The second-order valence-electron chi connectivity index (χ2n) is 4.11. The van der Waals surface area contributed by atoms with Crippen molar-refractivity contribution in [2.45, 2.75) is 19.8 Å². The molecule has 0 heterocycles. The topological polar surface area (TPSA) is 58.2 Å². The van der Waals surface area contributed by atoms with E-state index in [-0.39, 0.29) is 16.5 Å². The van der Waals surface area contributed by atoms with Crippen LogP contribution in [0, 0.1) is 5.82 Å². The summed E-state index contributed by atoms with van der Waals surface area (Å²) in [7, 11) is -3.52. The zero-order valence-corrected chi connectivity index (χ0v) is 12.3. The Labute approximate surface area is 118 Å². The molecule has 0 amide bonds. The molecule has 19 heavy (non-hydrogen) atoms. The summed E-state index contributed by atoms with van der Waals surface area (Å²) in [6.45, 7) is 3.63. The van der Waals surface area contributed by atoms with Crippen molar-refractivity contribution in [3.63, 3.8) is 0 Å². The van der Waals surface area contributed by atoms with Crippen LogP contribution < -0.4 is 10.0 Å². The van der Waals surface area contributed by atoms with E-state index in [1.807, 2.05) is 6.92 Å². The van der Waals surface area contributed by atoms with Crippen molar-refractivity contribution in [2.24, 2.45) is 0 Å². The number of hydrogen-bond acceptors (Lipinski definition) is 3. The average molecular weight is 309 g/mol. The number of anilines is 1. The molecular formula is C12H18ClFN2O2S. The van der Waals surface area contributed by atoms with Crippen LogP contribution in [0.3, 0.4) is 0 Å². The van der Waals surface area contributed by atoms with Crippen LogP contribution in [0.5, 0.6) is 0 Å². The van der Waals surface area contributed by atoms with Gasteiger partial charge in [0.05, 0.1) is 11.4 Å². The van der Waals surface area contributed by atoms with Gasteiger partial charge in [0.15, 0.2) is 0 Å². The van der Waals surface area contributed by atoms with Crippen molar-refractivity contribution in [1.29, 1.82) is 0 Å². The fraction of sp³-hybridized carbons (Fsp3) is 0.500. The lowest BCUT2D eigenvalue weighted by Crippen LogP contribution is -2.19. The van der Waals surface area contributed by atoms with Crippen LogP contribution >= 0.6 is 11.6 Å². The molecule has 4 nitrogen and oxygen atoms in total. The number of sulfonamides is 1. The average Bonchev–Trinajstić information content (AvgIpc) is 2.32. The Morgan fingerprint density at radius 1 is 1.32 bits per heavy atom. The number of halogens is 2. The largest absolute Gasteiger partial charge is 0.317 e. The van der Waals surface area contributed by atoms with Gasteiger partial charge >= 0.3 is 0 Å². The van der Waals surface area contributed by atoms with E-state index in [9.17, 15) is 12.8 Å². The summed E-state index contributed by atoms with van der Waals surface area (Å²) in [5.74, 6) is -0.704. The fourth-order valence-electron chi connectivity index (χ4n) is 1.51. The summed E-state index contributed by atoms with van der Waals surface area (Å²) in [6, 6.07) is 3.83. The standard InChI is InChI=1S/C12H18ClFN2O2S/c1-2-15-7-3-4-8-19(17,18)16-12-6-5-10(13)9-11(12)14/h5-6,9,15-16H,2-4,7-8H2,1H3. The molecule has 7 heteroatoms. The van der Waals surface area contributed by atoms with Crippen LogP contribution in [0.2, 0.25) is 5.02 Å². The predicted octanol–water partition coefficient (Wildman–Crippen LogP) is 2.61. The Hall–Kier alpha value is -0.850. The highest BCUT2D eigenvalue weighted by atomic mass is 35.5. The molecule has 1 rings (SSSR count). The smallest absolute Gasteiger partial charge is 0.232 e. The van der Waals surface area contributed by atoms with Crippen molar-refractivity contribution in [3.05, 3.63) is 29.0 Å². The molecule has 1 aromatic rings. The van der Waals surface area contributed by atoms with E-state index in [1.54, 1.807) is 0 Å². The van der Waals surface area contributed by atoms with Gasteiger partial charge in [0.2, 0.25) is 10.0 Å². The first-order chi connectivity index (χ1) is 8.94. The van der Waals surface area contributed by atoms with Gasteiger partial charge < -0.3 is 5.32 Å². The first kappa shape index (κ1) is 16.2. The van der Waals surface area contributed by atoms with Crippen molar-refractivity contribution < 1.29 is 12.8 Å². The molecule has 0 atom stereocenters. The number of rotatable bonds is 8. The molecule has 0 unspecified atom stereocenters. The number of benzene rings is 1. The maximum atomic E-state index is 13.4. The van der Waals surface area contributed by atoms with Crippen LogP contribution in [0.4, 0.5) is 10.1 Å². The second kappa shape index (κ2) is 7.67. The maximum Gasteiger partial charge on any atom is 0.232 e. The summed E-state index contributed by atoms with van der Waals surface area (Å²) in [4.78, 5) is 0. The molecule has 0 bridgehead atoms. The van der Waals surface area contributed by atoms with E-state index in [0.29, 0.717) is 6.42 Å². The lowest BCUT2D eigenvalue weighted by Gasteiger charge is -2.09. The predicted molar refractivity (Wildman–Crippen MR) is 76.6 cm³/mol. The summed E-state index contributed by atoms with van der Waals surface area (Å²) < 4.78 is 39.1. The summed E-state index contributed by atoms with van der Waals surface area (Å²) in [6.07, 6.45) is 1.29. The van der Waals surface area contributed by atoms with Gasteiger partial charge in [0.1, 0.15) is 5.82 Å². The first-order valence-electron chi connectivity index (χ1n) is 6.11. The van der Waals surface area contributed by atoms with Gasteiger partial charge in [-0.1, -0.05) is 18.5 Å². The van der Waals surface area contributed by atoms with Crippen molar-refractivity contribution >= 4 is 27.3 Å². The molecule has 0 aromatic heterocycles. The van der Waals surface area contributed by atoms with Gasteiger partial charge in [-0.3, -0.25) is 4.72 Å². The molecule has 0 aliphatic rings. The Morgan fingerprint density at radius 2 is 2.05 bits per heavy atom. The molecule has 1 aromatic carbocycles. The van der Waals surface area contributed by atoms with Gasteiger partial charge in [-0.05, 0) is 44.1 Å². The van der Waals surface area contributed by atoms with Gasteiger partial charge in [0.25, 0.3) is 0 Å². The Morgan fingerprint density at radius 3 is 2.68 bits per heavy atom. The third-order valence-electron chi connectivity index (χ3n) is 2.46. The normalized spacial score (nSPS) is 11.5. The molecule has 0 spiro atoms. The summed E-state index contributed by atoms with van der Waals surface area (Å²) in [5.41, 5.74) is -0.0731. The SMILES string of the molecule is CCNCCCCS(=O)(=O)Nc1ccc(Cl)cc1F. The van der Waals surface area contributed by atoms with Gasteiger partial charge in [-0.2, -0.15) is 0 Å². The first-order valence-corrected chi connectivity index (χ1v) is 8.14. The van der Waals surface area contributed by atoms with E-state index in [0.717, 1.165) is 25.6 Å². The van der Waals surface area contributed by atoms with Crippen LogP contribution in [-0.4, -0.2) is 27.3 Å². The number of nitrogens with one attached hydrogen (secondary N) is 2. The van der Waals surface area contributed by atoms with Crippen LogP contribution in [0.15, 0.2) is 18.2 Å². The fourth-order valence-corrected chi connectivity index (χ4v) is 2.86. The summed E-state index contributed by atoms with van der Waals surface area (Å²) >= 11 is 5.60. The highest BCUT2D eigenvalue weighted by Crippen LogP contribution is 2.20.